The molecule has 1 aromatic carbocycles. The van der Waals surface area contributed by atoms with Crippen LogP contribution in [-0.4, -0.2) is 21.9 Å². The van der Waals surface area contributed by atoms with E-state index in [1.165, 1.54) is 19.1 Å². The van der Waals surface area contributed by atoms with Crippen LogP contribution >= 0.6 is 0 Å². The van der Waals surface area contributed by atoms with E-state index in [2.05, 4.69) is 9.97 Å². The number of nitrogens with two attached hydrogens (primary N) is 1. The first-order valence-corrected chi connectivity index (χ1v) is 6.12. The fourth-order valence-electron chi connectivity index (χ4n) is 1.99. The van der Waals surface area contributed by atoms with Gasteiger partial charge in [-0.15, -0.1) is 0 Å². The average molecular weight is 291 g/mol. The molecular weight excluding hydrogens is 277 g/mol. The molecule has 0 radical (unpaired) electrons. The predicted molar refractivity (Wildman–Crippen MR) is 76.3 cm³/mol. The zero-order chi connectivity index (χ0) is 15.6. The van der Waals surface area contributed by atoms with Gasteiger partial charge in [0.05, 0.1) is 4.92 Å². The van der Waals surface area contributed by atoms with Crippen LogP contribution in [0.2, 0.25) is 0 Å². The van der Waals surface area contributed by atoms with E-state index in [0.717, 1.165) is 5.56 Å². The lowest BCUT2D eigenvalue weighted by molar-refractivity contribution is -0.385. The van der Waals surface area contributed by atoms with Gasteiger partial charge in [0.2, 0.25) is 11.8 Å². The summed E-state index contributed by atoms with van der Waals surface area (Å²) in [5, 5.41) is 11.2. The van der Waals surface area contributed by atoms with Crippen LogP contribution in [0.3, 0.4) is 0 Å². The molecular formula is C13H14FN5O2. The van der Waals surface area contributed by atoms with Gasteiger partial charge < -0.3 is 10.6 Å². The van der Waals surface area contributed by atoms with E-state index in [-0.39, 0.29) is 29.0 Å². The molecule has 0 unspecified atom stereocenters. The highest BCUT2D eigenvalue weighted by atomic mass is 19.1. The number of halogens is 1. The van der Waals surface area contributed by atoms with Crippen LogP contribution < -0.4 is 10.6 Å². The van der Waals surface area contributed by atoms with Gasteiger partial charge in [0, 0.05) is 13.6 Å². The second-order valence-electron chi connectivity index (χ2n) is 4.58. The molecule has 8 heteroatoms. The first kappa shape index (κ1) is 14.6. The number of hydrogen-bond donors (Lipinski definition) is 1. The Morgan fingerprint density at radius 3 is 2.52 bits per heavy atom. The Labute approximate surface area is 120 Å². The van der Waals surface area contributed by atoms with Crippen molar-refractivity contribution in [2.45, 2.75) is 13.5 Å². The van der Waals surface area contributed by atoms with E-state index in [0.29, 0.717) is 6.54 Å². The van der Waals surface area contributed by atoms with Crippen molar-refractivity contribution in [2.75, 3.05) is 17.7 Å². The zero-order valence-corrected chi connectivity index (χ0v) is 11.6. The maximum absolute atomic E-state index is 12.9. The van der Waals surface area contributed by atoms with Crippen molar-refractivity contribution in [3.63, 3.8) is 0 Å². The molecule has 0 amide bonds. The van der Waals surface area contributed by atoms with Crippen LogP contribution in [-0.2, 0) is 6.54 Å². The first-order valence-electron chi connectivity index (χ1n) is 6.12. The summed E-state index contributed by atoms with van der Waals surface area (Å²) < 4.78 is 12.9. The second kappa shape index (κ2) is 5.70. The summed E-state index contributed by atoms with van der Waals surface area (Å²) in [7, 11) is 1.65. The van der Waals surface area contributed by atoms with Crippen LogP contribution in [0, 0.1) is 22.9 Å². The Morgan fingerprint density at radius 2 is 1.95 bits per heavy atom. The minimum absolute atomic E-state index is 0.0287. The van der Waals surface area contributed by atoms with Crippen molar-refractivity contribution in [3.05, 3.63) is 51.5 Å². The Kier molecular flexibility index (Phi) is 3.97. The highest BCUT2D eigenvalue weighted by molar-refractivity contribution is 5.61. The quantitative estimate of drug-likeness (QED) is 0.683. The van der Waals surface area contributed by atoms with Crippen LogP contribution in [0.5, 0.6) is 0 Å². The van der Waals surface area contributed by atoms with Crippen molar-refractivity contribution in [1.29, 1.82) is 0 Å². The molecule has 0 spiro atoms. The number of anilines is 2. The number of aryl methyl sites for hydroxylation is 1. The lowest BCUT2D eigenvalue weighted by Gasteiger charge is -2.18. The molecule has 0 aliphatic carbocycles. The van der Waals surface area contributed by atoms with Gasteiger partial charge in [0.15, 0.2) is 0 Å². The summed E-state index contributed by atoms with van der Waals surface area (Å²) in [5.74, 6) is -0.233. The SMILES string of the molecule is Cc1nc(N)nc(N(C)Cc2ccc(F)cc2)c1[N+](=O)[O-]. The van der Waals surface area contributed by atoms with Crippen molar-refractivity contribution < 1.29 is 9.31 Å². The maximum atomic E-state index is 12.9. The summed E-state index contributed by atoms with van der Waals surface area (Å²) in [6.45, 7) is 1.84. The van der Waals surface area contributed by atoms with E-state index < -0.39 is 4.92 Å². The number of aromatic nitrogens is 2. The molecule has 0 saturated heterocycles. The minimum atomic E-state index is -0.536. The van der Waals surface area contributed by atoms with Gasteiger partial charge in [-0.2, -0.15) is 4.98 Å². The number of nitrogen functional groups attached to an aromatic ring is 1. The molecule has 0 aliphatic heterocycles. The predicted octanol–water partition coefficient (Wildman–Crippen LogP) is 2.05. The lowest BCUT2D eigenvalue weighted by atomic mass is 10.2. The molecule has 2 rings (SSSR count). The number of rotatable bonds is 4. The van der Waals surface area contributed by atoms with E-state index in [9.17, 15) is 14.5 Å². The van der Waals surface area contributed by atoms with Crippen LogP contribution in [0.15, 0.2) is 24.3 Å². The van der Waals surface area contributed by atoms with Gasteiger partial charge in [-0.25, -0.2) is 9.37 Å². The Bertz CT molecular complexity index is 675. The molecule has 1 heterocycles. The molecule has 21 heavy (non-hydrogen) atoms. The molecule has 2 aromatic rings. The standard InChI is InChI=1S/C13H14FN5O2/c1-8-11(19(20)21)12(17-13(15)16-8)18(2)7-9-3-5-10(14)6-4-9/h3-6H,7H2,1-2H3,(H2,15,16,17). The number of benzene rings is 1. The third kappa shape index (κ3) is 3.22. The molecule has 110 valence electrons. The molecule has 0 aliphatic rings. The first-order chi connectivity index (χ1) is 9.88. The number of nitro groups is 1. The normalized spacial score (nSPS) is 10.4. The fraction of sp³-hybridized carbons (Fsp3) is 0.231. The van der Waals surface area contributed by atoms with Crippen molar-refractivity contribution in [3.8, 4) is 0 Å². The summed E-state index contributed by atoms with van der Waals surface area (Å²) in [5.41, 5.74) is 6.37. The van der Waals surface area contributed by atoms with Crippen LogP contribution in [0.1, 0.15) is 11.3 Å². The van der Waals surface area contributed by atoms with E-state index >= 15 is 0 Å². The Balaban J connectivity index is 2.36. The summed E-state index contributed by atoms with van der Waals surface area (Å²) in [6.07, 6.45) is 0. The molecule has 0 fully saturated rings. The largest absolute Gasteiger partial charge is 0.368 e. The number of nitrogens with zero attached hydrogens (tertiary/aromatic N) is 4. The topological polar surface area (TPSA) is 98.2 Å². The van der Waals surface area contributed by atoms with Crippen molar-refractivity contribution in [1.82, 2.24) is 9.97 Å². The fourth-order valence-corrected chi connectivity index (χ4v) is 1.99. The average Bonchev–Trinajstić information content (AvgIpc) is 2.39. The molecule has 7 nitrogen and oxygen atoms in total. The van der Waals surface area contributed by atoms with Crippen LogP contribution in [0.25, 0.3) is 0 Å². The van der Waals surface area contributed by atoms with Crippen LogP contribution in [0.4, 0.5) is 21.8 Å². The molecule has 0 saturated carbocycles. The monoisotopic (exact) mass is 291 g/mol. The third-order valence-corrected chi connectivity index (χ3v) is 2.93. The van der Waals surface area contributed by atoms with Gasteiger partial charge in [0.25, 0.3) is 0 Å². The van der Waals surface area contributed by atoms with Gasteiger partial charge in [-0.1, -0.05) is 12.1 Å². The smallest absolute Gasteiger partial charge is 0.332 e. The van der Waals surface area contributed by atoms with Gasteiger partial charge in [0.1, 0.15) is 11.5 Å². The molecule has 0 bridgehead atoms. The number of hydrogen-bond acceptors (Lipinski definition) is 6. The molecule has 2 N–H and O–H groups in total. The van der Waals surface area contributed by atoms with E-state index in [1.54, 1.807) is 24.1 Å². The third-order valence-electron chi connectivity index (χ3n) is 2.93. The van der Waals surface area contributed by atoms with Crippen molar-refractivity contribution in [2.24, 2.45) is 0 Å². The maximum Gasteiger partial charge on any atom is 0.332 e. The highest BCUT2D eigenvalue weighted by Gasteiger charge is 2.24. The molecule has 1 aromatic heterocycles. The summed E-state index contributed by atoms with van der Waals surface area (Å²) >= 11 is 0. The molecule has 0 atom stereocenters. The zero-order valence-electron chi connectivity index (χ0n) is 11.6. The van der Waals surface area contributed by atoms with Crippen molar-refractivity contribution >= 4 is 17.5 Å². The lowest BCUT2D eigenvalue weighted by Crippen LogP contribution is -2.20. The Morgan fingerprint density at radius 1 is 1.33 bits per heavy atom. The van der Waals surface area contributed by atoms with Gasteiger partial charge in [-0.3, -0.25) is 10.1 Å². The summed E-state index contributed by atoms with van der Waals surface area (Å²) in [4.78, 5) is 20.0. The summed E-state index contributed by atoms with van der Waals surface area (Å²) in [6, 6.07) is 5.87. The highest BCUT2D eigenvalue weighted by Crippen LogP contribution is 2.29. The van der Waals surface area contributed by atoms with E-state index in [1.807, 2.05) is 0 Å². The van der Waals surface area contributed by atoms with Gasteiger partial charge in [-0.05, 0) is 24.6 Å². The Hall–Kier alpha value is -2.77. The second-order valence-corrected chi connectivity index (χ2v) is 4.58. The van der Waals surface area contributed by atoms with E-state index in [4.69, 9.17) is 5.73 Å². The van der Waals surface area contributed by atoms with Gasteiger partial charge >= 0.3 is 5.69 Å². The minimum Gasteiger partial charge on any atom is -0.368 e.